The van der Waals surface area contributed by atoms with Crippen LogP contribution in [-0.2, 0) is 14.8 Å². The molecule has 156 valence electrons. The van der Waals surface area contributed by atoms with Gasteiger partial charge in [0, 0.05) is 5.69 Å². The van der Waals surface area contributed by atoms with Crippen LogP contribution in [-0.4, -0.2) is 20.9 Å². The maximum absolute atomic E-state index is 13.3. The number of hydrogen-bond acceptors (Lipinski definition) is 3. The molecular formula is C25H22N2O3S. The normalized spacial score (nSPS) is 11.3. The Morgan fingerprint density at radius 3 is 2.16 bits per heavy atom. The zero-order valence-electron chi connectivity index (χ0n) is 17.0. The van der Waals surface area contributed by atoms with Crippen molar-refractivity contribution < 1.29 is 13.2 Å². The minimum absolute atomic E-state index is 0.133. The first-order chi connectivity index (χ1) is 14.9. The van der Waals surface area contributed by atoms with Crippen molar-refractivity contribution in [2.45, 2.75) is 11.8 Å². The molecule has 31 heavy (non-hydrogen) atoms. The largest absolute Gasteiger partial charge is 0.324 e. The molecule has 4 rings (SSSR count). The first-order valence-corrected chi connectivity index (χ1v) is 11.3. The van der Waals surface area contributed by atoms with Crippen LogP contribution in [0.2, 0.25) is 0 Å². The van der Waals surface area contributed by atoms with E-state index in [-0.39, 0.29) is 11.4 Å². The van der Waals surface area contributed by atoms with E-state index in [4.69, 9.17) is 0 Å². The van der Waals surface area contributed by atoms with Gasteiger partial charge in [-0.3, -0.25) is 9.10 Å². The van der Waals surface area contributed by atoms with Crippen LogP contribution in [0.15, 0.2) is 102 Å². The number of carbonyl (C=O) groups excluding carboxylic acids is 1. The number of anilines is 2. The number of amides is 1. The summed E-state index contributed by atoms with van der Waals surface area (Å²) in [6.07, 6.45) is 0. The van der Waals surface area contributed by atoms with Gasteiger partial charge >= 0.3 is 0 Å². The third kappa shape index (κ3) is 4.59. The summed E-state index contributed by atoms with van der Waals surface area (Å²) in [6.45, 7) is 1.58. The van der Waals surface area contributed by atoms with E-state index in [1.807, 2.05) is 61.5 Å². The molecule has 0 spiro atoms. The lowest BCUT2D eigenvalue weighted by Crippen LogP contribution is -2.38. The highest BCUT2D eigenvalue weighted by Crippen LogP contribution is 2.24. The molecule has 1 amide bonds. The molecule has 0 atom stereocenters. The molecule has 5 nitrogen and oxygen atoms in total. The van der Waals surface area contributed by atoms with Crippen LogP contribution in [0.4, 0.5) is 11.4 Å². The quantitative estimate of drug-likeness (QED) is 0.469. The SMILES string of the molecule is Cc1ccc(N(CC(=O)Nc2ccc3ccccc3c2)S(=O)(=O)c2ccccc2)cc1. The summed E-state index contributed by atoms with van der Waals surface area (Å²) in [5, 5.41) is 4.88. The highest BCUT2D eigenvalue weighted by atomic mass is 32.2. The molecule has 4 aromatic carbocycles. The molecule has 0 aliphatic rings. The third-order valence-electron chi connectivity index (χ3n) is 4.97. The van der Waals surface area contributed by atoms with Gasteiger partial charge in [-0.2, -0.15) is 0 Å². The number of aryl methyl sites for hydroxylation is 1. The second kappa shape index (κ2) is 8.62. The zero-order chi connectivity index (χ0) is 21.8. The van der Waals surface area contributed by atoms with Crippen LogP contribution in [0.3, 0.4) is 0 Å². The average molecular weight is 431 g/mol. The molecule has 0 unspecified atom stereocenters. The van der Waals surface area contributed by atoms with E-state index in [9.17, 15) is 13.2 Å². The monoisotopic (exact) mass is 430 g/mol. The first kappa shape index (κ1) is 20.6. The lowest BCUT2D eigenvalue weighted by Gasteiger charge is -2.24. The van der Waals surface area contributed by atoms with Crippen LogP contribution in [0.25, 0.3) is 10.8 Å². The van der Waals surface area contributed by atoms with Gasteiger partial charge in [0.05, 0.1) is 10.6 Å². The second-order valence-electron chi connectivity index (χ2n) is 7.27. The van der Waals surface area contributed by atoms with Crippen molar-refractivity contribution in [2.75, 3.05) is 16.2 Å². The van der Waals surface area contributed by atoms with E-state index in [1.165, 1.54) is 12.1 Å². The van der Waals surface area contributed by atoms with Crippen molar-refractivity contribution in [3.05, 3.63) is 103 Å². The van der Waals surface area contributed by atoms with Crippen LogP contribution in [0.5, 0.6) is 0 Å². The number of benzene rings is 4. The Balaban J connectivity index is 1.63. The van der Waals surface area contributed by atoms with Crippen LogP contribution >= 0.6 is 0 Å². The van der Waals surface area contributed by atoms with Crippen LogP contribution in [0, 0.1) is 6.92 Å². The van der Waals surface area contributed by atoms with Gasteiger partial charge < -0.3 is 5.32 Å². The Kier molecular flexibility index (Phi) is 5.73. The van der Waals surface area contributed by atoms with Gasteiger partial charge in [-0.05, 0) is 54.1 Å². The number of nitrogens with one attached hydrogen (secondary N) is 1. The summed E-state index contributed by atoms with van der Waals surface area (Å²) in [5.74, 6) is -0.421. The fourth-order valence-electron chi connectivity index (χ4n) is 3.34. The fraction of sp³-hybridized carbons (Fsp3) is 0.0800. The summed E-state index contributed by atoms with van der Waals surface area (Å²) in [5.41, 5.74) is 2.05. The third-order valence-corrected chi connectivity index (χ3v) is 6.76. The minimum Gasteiger partial charge on any atom is -0.324 e. The maximum atomic E-state index is 13.3. The Labute approximate surface area is 182 Å². The van der Waals surface area contributed by atoms with E-state index in [2.05, 4.69) is 5.32 Å². The molecule has 0 fully saturated rings. The highest BCUT2D eigenvalue weighted by molar-refractivity contribution is 7.92. The zero-order valence-corrected chi connectivity index (χ0v) is 17.8. The molecule has 0 radical (unpaired) electrons. The fourth-order valence-corrected chi connectivity index (χ4v) is 4.79. The molecule has 0 heterocycles. The number of rotatable bonds is 6. The number of sulfonamides is 1. The van der Waals surface area contributed by atoms with E-state index in [0.29, 0.717) is 11.4 Å². The molecule has 0 aliphatic carbocycles. The maximum Gasteiger partial charge on any atom is 0.264 e. The number of nitrogens with zero attached hydrogens (tertiary/aromatic N) is 1. The average Bonchev–Trinajstić information content (AvgIpc) is 2.78. The molecule has 4 aromatic rings. The Hall–Kier alpha value is -3.64. The van der Waals surface area contributed by atoms with Gasteiger partial charge in [-0.15, -0.1) is 0 Å². The topological polar surface area (TPSA) is 66.5 Å². The lowest BCUT2D eigenvalue weighted by molar-refractivity contribution is -0.114. The van der Waals surface area contributed by atoms with Crippen molar-refractivity contribution in [1.29, 1.82) is 0 Å². The summed E-state index contributed by atoms with van der Waals surface area (Å²) >= 11 is 0. The minimum atomic E-state index is -3.92. The standard InChI is InChI=1S/C25H22N2O3S/c1-19-11-15-23(16-12-19)27(31(29,30)24-9-3-2-4-10-24)18-25(28)26-22-14-13-20-7-5-6-8-21(20)17-22/h2-17H,18H2,1H3,(H,26,28). The van der Waals surface area contributed by atoms with Gasteiger partial charge in [0.25, 0.3) is 10.0 Å². The van der Waals surface area contributed by atoms with Gasteiger partial charge in [0.15, 0.2) is 0 Å². The van der Waals surface area contributed by atoms with E-state index >= 15 is 0 Å². The molecular weight excluding hydrogens is 408 g/mol. The van der Waals surface area contributed by atoms with E-state index in [1.54, 1.807) is 30.3 Å². The van der Waals surface area contributed by atoms with Crippen molar-refractivity contribution in [2.24, 2.45) is 0 Å². The Bertz CT molecular complexity index is 1320. The van der Waals surface area contributed by atoms with Crippen molar-refractivity contribution in [3.63, 3.8) is 0 Å². The molecule has 0 aliphatic heterocycles. The summed E-state index contributed by atoms with van der Waals surface area (Å²) in [4.78, 5) is 13.0. The van der Waals surface area contributed by atoms with E-state index in [0.717, 1.165) is 20.6 Å². The molecule has 0 aromatic heterocycles. The molecule has 0 saturated carbocycles. The van der Waals surface area contributed by atoms with Crippen LogP contribution in [0.1, 0.15) is 5.56 Å². The Morgan fingerprint density at radius 1 is 0.806 bits per heavy atom. The van der Waals surface area contributed by atoms with Crippen molar-refractivity contribution in [3.8, 4) is 0 Å². The van der Waals surface area contributed by atoms with Crippen molar-refractivity contribution in [1.82, 2.24) is 0 Å². The van der Waals surface area contributed by atoms with Gasteiger partial charge in [-0.1, -0.05) is 66.2 Å². The summed E-state index contributed by atoms with van der Waals surface area (Å²) in [6, 6.07) is 28.6. The number of hydrogen-bond donors (Lipinski definition) is 1. The molecule has 0 bridgehead atoms. The molecule has 0 saturated heterocycles. The smallest absolute Gasteiger partial charge is 0.264 e. The van der Waals surface area contributed by atoms with Gasteiger partial charge in [-0.25, -0.2) is 8.42 Å². The summed E-state index contributed by atoms with van der Waals surface area (Å²) in [7, 11) is -3.92. The number of fused-ring (bicyclic) bond motifs is 1. The second-order valence-corrected chi connectivity index (χ2v) is 9.13. The van der Waals surface area contributed by atoms with Crippen molar-refractivity contribution >= 4 is 38.1 Å². The van der Waals surface area contributed by atoms with Crippen LogP contribution < -0.4 is 9.62 Å². The van der Waals surface area contributed by atoms with E-state index < -0.39 is 15.9 Å². The lowest BCUT2D eigenvalue weighted by atomic mass is 10.1. The first-order valence-electron chi connectivity index (χ1n) is 9.86. The predicted molar refractivity (Wildman–Crippen MR) is 125 cm³/mol. The predicted octanol–water partition coefficient (Wildman–Crippen LogP) is 4.98. The molecule has 6 heteroatoms. The highest BCUT2D eigenvalue weighted by Gasteiger charge is 2.27. The Morgan fingerprint density at radius 2 is 1.45 bits per heavy atom. The summed E-state index contributed by atoms with van der Waals surface area (Å²) < 4.78 is 27.8. The van der Waals surface area contributed by atoms with Gasteiger partial charge in [0.1, 0.15) is 6.54 Å². The molecule has 1 N–H and O–H groups in total. The van der Waals surface area contributed by atoms with Gasteiger partial charge in [0.2, 0.25) is 5.91 Å². The number of carbonyl (C=O) groups is 1.